The first-order chi connectivity index (χ1) is 8.05. The van der Waals surface area contributed by atoms with Crippen LogP contribution in [0.5, 0.6) is 5.88 Å². The van der Waals surface area contributed by atoms with Crippen LogP contribution >= 0.6 is 0 Å². The molecule has 0 bridgehead atoms. The fraction of sp³-hybridized carbons (Fsp3) is 0.455. The van der Waals surface area contributed by atoms with E-state index in [4.69, 9.17) is 10.6 Å². The van der Waals surface area contributed by atoms with E-state index < -0.39 is 0 Å². The van der Waals surface area contributed by atoms with Gasteiger partial charge in [-0.15, -0.1) is 0 Å². The Morgan fingerprint density at radius 1 is 1.53 bits per heavy atom. The van der Waals surface area contributed by atoms with E-state index in [1.807, 2.05) is 24.4 Å². The van der Waals surface area contributed by atoms with Crippen LogP contribution in [0.25, 0.3) is 5.65 Å². The van der Waals surface area contributed by atoms with E-state index in [0.717, 1.165) is 6.42 Å². The number of aromatic nitrogens is 3. The van der Waals surface area contributed by atoms with Gasteiger partial charge in [0.25, 0.3) is 5.88 Å². The summed E-state index contributed by atoms with van der Waals surface area (Å²) in [6, 6.07) is 0. The van der Waals surface area contributed by atoms with Crippen molar-refractivity contribution in [3.8, 4) is 5.88 Å². The standard InChI is InChI=1S/C11H17N5O/c1-4-11(2,3)17-10-9-13-5-6-16(9)7-8(14-10)15-12/h5-7,15H,4,12H2,1-3H3. The second-order valence-corrected chi connectivity index (χ2v) is 4.45. The van der Waals surface area contributed by atoms with Gasteiger partial charge in [-0.05, 0) is 20.3 Å². The van der Waals surface area contributed by atoms with Gasteiger partial charge in [-0.2, -0.15) is 4.98 Å². The number of nitrogen functional groups attached to an aromatic ring is 1. The summed E-state index contributed by atoms with van der Waals surface area (Å²) in [6.45, 7) is 6.08. The Kier molecular flexibility index (Phi) is 2.89. The van der Waals surface area contributed by atoms with Crippen molar-refractivity contribution < 1.29 is 4.74 Å². The van der Waals surface area contributed by atoms with Crippen LogP contribution in [0.15, 0.2) is 18.6 Å². The number of anilines is 1. The van der Waals surface area contributed by atoms with Crippen molar-refractivity contribution >= 4 is 11.5 Å². The van der Waals surface area contributed by atoms with Gasteiger partial charge in [-0.1, -0.05) is 6.92 Å². The Balaban J connectivity index is 2.47. The number of nitrogens with one attached hydrogen (secondary N) is 1. The van der Waals surface area contributed by atoms with Gasteiger partial charge in [0.1, 0.15) is 5.60 Å². The van der Waals surface area contributed by atoms with E-state index in [1.165, 1.54) is 0 Å². The van der Waals surface area contributed by atoms with E-state index >= 15 is 0 Å². The Labute approximate surface area is 99.8 Å². The highest BCUT2D eigenvalue weighted by Crippen LogP contribution is 2.24. The first-order valence-electron chi connectivity index (χ1n) is 5.55. The monoisotopic (exact) mass is 235 g/mol. The second kappa shape index (κ2) is 4.21. The third-order valence-electron chi connectivity index (χ3n) is 2.72. The molecule has 0 unspecified atom stereocenters. The molecule has 0 aliphatic carbocycles. The number of ether oxygens (including phenoxy) is 1. The Bertz CT molecular complexity index is 520. The van der Waals surface area contributed by atoms with Gasteiger partial charge in [0.05, 0.1) is 6.20 Å². The number of rotatable bonds is 4. The third kappa shape index (κ3) is 2.31. The van der Waals surface area contributed by atoms with Crippen molar-refractivity contribution in [1.82, 2.24) is 14.4 Å². The molecule has 0 amide bonds. The van der Waals surface area contributed by atoms with Crippen LogP contribution in [0.2, 0.25) is 0 Å². The predicted octanol–water partition coefficient (Wildman–Crippen LogP) is 1.58. The molecule has 6 heteroatoms. The maximum absolute atomic E-state index is 5.88. The van der Waals surface area contributed by atoms with E-state index in [-0.39, 0.29) is 5.60 Å². The zero-order valence-corrected chi connectivity index (χ0v) is 10.3. The van der Waals surface area contributed by atoms with E-state index in [2.05, 4.69) is 22.3 Å². The quantitative estimate of drug-likeness (QED) is 0.621. The summed E-state index contributed by atoms with van der Waals surface area (Å²) in [4.78, 5) is 8.50. The lowest BCUT2D eigenvalue weighted by molar-refractivity contribution is 0.101. The molecule has 0 radical (unpaired) electrons. The highest BCUT2D eigenvalue weighted by atomic mass is 16.5. The molecule has 0 aliphatic rings. The lowest BCUT2D eigenvalue weighted by Gasteiger charge is -2.24. The van der Waals surface area contributed by atoms with Gasteiger partial charge in [-0.25, -0.2) is 10.8 Å². The van der Waals surface area contributed by atoms with Crippen molar-refractivity contribution in [3.63, 3.8) is 0 Å². The zero-order chi connectivity index (χ0) is 12.5. The number of hydrogen-bond donors (Lipinski definition) is 2. The first kappa shape index (κ1) is 11.7. The average Bonchev–Trinajstić information content (AvgIpc) is 2.76. The van der Waals surface area contributed by atoms with Gasteiger partial charge in [0, 0.05) is 12.4 Å². The van der Waals surface area contributed by atoms with E-state index in [9.17, 15) is 0 Å². The summed E-state index contributed by atoms with van der Waals surface area (Å²) < 4.78 is 7.70. The molecule has 6 nitrogen and oxygen atoms in total. The summed E-state index contributed by atoms with van der Waals surface area (Å²) in [5, 5.41) is 0. The molecule has 0 spiro atoms. The Morgan fingerprint density at radius 2 is 2.29 bits per heavy atom. The largest absolute Gasteiger partial charge is 0.469 e. The average molecular weight is 235 g/mol. The minimum Gasteiger partial charge on any atom is -0.469 e. The molecule has 0 atom stereocenters. The highest BCUT2D eigenvalue weighted by molar-refractivity contribution is 5.53. The van der Waals surface area contributed by atoms with E-state index in [0.29, 0.717) is 17.3 Å². The molecule has 0 saturated heterocycles. The van der Waals surface area contributed by atoms with Gasteiger partial charge in [-0.3, -0.25) is 4.40 Å². The lowest BCUT2D eigenvalue weighted by atomic mass is 10.1. The molecule has 2 heterocycles. The van der Waals surface area contributed by atoms with E-state index in [1.54, 1.807) is 12.4 Å². The molecule has 2 rings (SSSR count). The van der Waals surface area contributed by atoms with Crippen LogP contribution in [0, 0.1) is 0 Å². The lowest BCUT2D eigenvalue weighted by Crippen LogP contribution is -2.28. The minimum absolute atomic E-state index is 0.285. The zero-order valence-electron chi connectivity index (χ0n) is 10.3. The molecule has 2 aromatic rings. The Hall–Kier alpha value is -1.82. The summed E-state index contributed by atoms with van der Waals surface area (Å²) >= 11 is 0. The van der Waals surface area contributed by atoms with Gasteiger partial charge >= 0.3 is 0 Å². The minimum atomic E-state index is -0.285. The predicted molar refractivity (Wildman–Crippen MR) is 65.8 cm³/mol. The van der Waals surface area contributed by atoms with Crippen LogP contribution in [0.4, 0.5) is 5.82 Å². The van der Waals surface area contributed by atoms with Crippen molar-refractivity contribution in [2.75, 3.05) is 5.43 Å². The molecule has 0 aromatic carbocycles. The molecule has 0 fully saturated rings. The molecular weight excluding hydrogens is 218 g/mol. The topological polar surface area (TPSA) is 77.5 Å². The summed E-state index contributed by atoms with van der Waals surface area (Å²) in [5.74, 6) is 6.40. The van der Waals surface area contributed by atoms with Crippen molar-refractivity contribution in [1.29, 1.82) is 0 Å². The Morgan fingerprint density at radius 3 is 2.94 bits per heavy atom. The van der Waals surface area contributed by atoms with Gasteiger partial charge in [0.15, 0.2) is 5.82 Å². The molecule has 0 aliphatic heterocycles. The molecule has 3 N–H and O–H groups in total. The summed E-state index contributed by atoms with van der Waals surface area (Å²) in [7, 11) is 0. The normalized spacial score (nSPS) is 11.8. The van der Waals surface area contributed by atoms with Crippen LogP contribution in [-0.4, -0.2) is 20.0 Å². The smallest absolute Gasteiger partial charge is 0.260 e. The molecule has 0 saturated carbocycles. The summed E-state index contributed by atoms with van der Waals surface area (Å²) in [6.07, 6.45) is 6.16. The maximum Gasteiger partial charge on any atom is 0.260 e. The van der Waals surface area contributed by atoms with Crippen molar-refractivity contribution in [2.24, 2.45) is 5.84 Å². The molecule has 17 heavy (non-hydrogen) atoms. The second-order valence-electron chi connectivity index (χ2n) is 4.45. The van der Waals surface area contributed by atoms with Gasteiger partial charge in [0.2, 0.25) is 5.65 Å². The summed E-state index contributed by atoms with van der Waals surface area (Å²) in [5.41, 5.74) is 2.91. The first-order valence-corrected chi connectivity index (χ1v) is 5.55. The molecule has 2 aromatic heterocycles. The number of nitrogens with zero attached hydrogens (tertiary/aromatic N) is 3. The number of fused-ring (bicyclic) bond motifs is 1. The molecular formula is C11H17N5O. The number of nitrogens with two attached hydrogens (primary N) is 1. The maximum atomic E-state index is 5.88. The molecule has 92 valence electrons. The number of hydrazine groups is 1. The fourth-order valence-electron chi connectivity index (χ4n) is 1.37. The van der Waals surface area contributed by atoms with Crippen LogP contribution < -0.4 is 16.0 Å². The van der Waals surface area contributed by atoms with Crippen molar-refractivity contribution in [3.05, 3.63) is 18.6 Å². The highest BCUT2D eigenvalue weighted by Gasteiger charge is 2.20. The fourth-order valence-corrected chi connectivity index (χ4v) is 1.37. The van der Waals surface area contributed by atoms with Gasteiger partial charge < -0.3 is 10.2 Å². The number of imidazole rings is 1. The number of hydrogen-bond acceptors (Lipinski definition) is 5. The SMILES string of the molecule is CCC(C)(C)Oc1nc(NN)cn2ccnc12. The van der Waals surface area contributed by atoms with Crippen LogP contribution in [0.3, 0.4) is 0 Å². The third-order valence-corrected chi connectivity index (χ3v) is 2.72. The van der Waals surface area contributed by atoms with Crippen molar-refractivity contribution in [2.45, 2.75) is 32.8 Å². The van der Waals surface area contributed by atoms with Crippen LogP contribution in [0.1, 0.15) is 27.2 Å². The van der Waals surface area contributed by atoms with Crippen LogP contribution in [-0.2, 0) is 0 Å².